The Balaban J connectivity index is 1.98. The van der Waals surface area contributed by atoms with E-state index < -0.39 is 5.97 Å². The maximum absolute atomic E-state index is 10.5. The van der Waals surface area contributed by atoms with E-state index in [1.54, 1.807) is 28.7 Å². The van der Waals surface area contributed by atoms with Gasteiger partial charge in [-0.1, -0.05) is 45.9 Å². The van der Waals surface area contributed by atoms with Crippen molar-refractivity contribution in [2.75, 3.05) is 20.3 Å². The van der Waals surface area contributed by atoms with Crippen LogP contribution in [0.15, 0.2) is 52.3 Å². The highest BCUT2D eigenvalue weighted by Crippen LogP contribution is 2.39. The van der Waals surface area contributed by atoms with E-state index in [9.17, 15) is 9.90 Å². The molecule has 0 radical (unpaired) electrons. The molecule has 0 saturated carbocycles. The van der Waals surface area contributed by atoms with Crippen molar-refractivity contribution < 1.29 is 24.5 Å². The lowest BCUT2D eigenvalue weighted by molar-refractivity contribution is -0.142. The minimum absolute atomic E-state index is 0.0258. The van der Waals surface area contributed by atoms with Gasteiger partial charge in [-0.25, -0.2) is 4.79 Å². The largest absolute Gasteiger partial charge is 0.480 e. The van der Waals surface area contributed by atoms with Gasteiger partial charge in [0.1, 0.15) is 6.61 Å². The van der Waals surface area contributed by atoms with Gasteiger partial charge in [-0.3, -0.25) is 0 Å². The highest BCUT2D eigenvalue weighted by molar-refractivity contribution is 8.76. The third-order valence-corrected chi connectivity index (χ3v) is 6.00. The van der Waals surface area contributed by atoms with Crippen LogP contribution in [0.4, 0.5) is 0 Å². The standard InChI is InChI=1S/C19H22O5S2/c1-23-12-14-2-5-17(6-3-14)25-26-18-7-4-15(11-20)10-16(18)8-9-24-13-19(21)22/h2-7,10,20H,8-9,11-13H2,1H3,(H,21,22). The Morgan fingerprint density at radius 1 is 1.08 bits per heavy atom. The number of aliphatic carboxylic acids is 1. The fourth-order valence-electron chi connectivity index (χ4n) is 2.25. The second-order valence-corrected chi connectivity index (χ2v) is 7.78. The van der Waals surface area contributed by atoms with E-state index in [0.29, 0.717) is 19.6 Å². The molecule has 0 saturated heterocycles. The van der Waals surface area contributed by atoms with Crippen LogP contribution in [0.5, 0.6) is 0 Å². The molecule has 0 aromatic heterocycles. The van der Waals surface area contributed by atoms with E-state index in [2.05, 4.69) is 12.1 Å². The quantitative estimate of drug-likeness (QED) is 0.444. The first-order valence-corrected chi connectivity index (χ1v) is 10.2. The second-order valence-electron chi connectivity index (χ2n) is 5.54. The van der Waals surface area contributed by atoms with Crippen LogP contribution in [-0.2, 0) is 33.9 Å². The van der Waals surface area contributed by atoms with Gasteiger partial charge >= 0.3 is 5.97 Å². The minimum Gasteiger partial charge on any atom is -0.480 e. The fourth-order valence-corrected chi connectivity index (χ4v) is 4.45. The number of aliphatic hydroxyl groups excluding tert-OH is 1. The molecule has 0 atom stereocenters. The number of ether oxygens (including phenoxy) is 2. The molecule has 0 aliphatic rings. The number of hydrogen-bond donors (Lipinski definition) is 2. The topological polar surface area (TPSA) is 76.0 Å². The first-order valence-electron chi connectivity index (χ1n) is 8.07. The van der Waals surface area contributed by atoms with Gasteiger partial charge in [-0.15, -0.1) is 0 Å². The van der Waals surface area contributed by atoms with Gasteiger partial charge in [-0.2, -0.15) is 0 Å². The SMILES string of the molecule is COCc1ccc(SSc2ccc(CO)cc2CCOCC(=O)O)cc1. The molecule has 0 spiro atoms. The summed E-state index contributed by atoms with van der Waals surface area (Å²) in [5.74, 6) is -0.976. The summed E-state index contributed by atoms with van der Waals surface area (Å²) < 4.78 is 10.3. The lowest BCUT2D eigenvalue weighted by Crippen LogP contribution is -2.09. The first-order chi connectivity index (χ1) is 12.6. The zero-order chi connectivity index (χ0) is 18.8. The van der Waals surface area contributed by atoms with Crippen molar-refractivity contribution in [1.29, 1.82) is 0 Å². The number of carboxylic acids is 1. The lowest BCUT2D eigenvalue weighted by Gasteiger charge is -2.11. The number of carboxylic acid groups (broad SMARTS) is 1. The Bertz CT molecular complexity index is 704. The molecule has 2 aromatic rings. The molecule has 2 rings (SSSR count). The molecule has 0 aliphatic heterocycles. The predicted molar refractivity (Wildman–Crippen MR) is 103 cm³/mol. The zero-order valence-corrected chi connectivity index (χ0v) is 16.1. The average Bonchev–Trinajstić information content (AvgIpc) is 2.65. The van der Waals surface area contributed by atoms with E-state index >= 15 is 0 Å². The van der Waals surface area contributed by atoms with Crippen LogP contribution in [0, 0.1) is 0 Å². The number of aliphatic hydroxyl groups is 1. The highest BCUT2D eigenvalue weighted by Gasteiger charge is 2.07. The summed E-state index contributed by atoms with van der Waals surface area (Å²) >= 11 is 0. The Kier molecular flexibility index (Phi) is 9.00. The predicted octanol–water partition coefficient (Wildman–Crippen LogP) is 3.77. The Hall–Kier alpha value is -1.51. The fraction of sp³-hybridized carbons (Fsp3) is 0.316. The van der Waals surface area contributed by atoms with Crippen LogP contribution in [0.1, 0.15) is 16.7 Å². The van der Waals surface area contributed by atoms with Crippen LogP contribution in [0.3, 0.4) is 0 Å². The Morgan fingerprint density at radius 3 is 2.46 bits per heavy atom. The van der Waals surface area contributed by atoms with Crippen molar-refractivity contribution in [3.8, 4) is 0 Å². The molecular formula is C19H22O5S2. The summed E-state index contributed by atoms with van der Waals surface area (Å²) in [7, 11) is 4.96. The summed E-state index contributed by atoms with van der Waals surface area (Å²) in [5, 5.41) is 18.0. The maximum atomic E-state index is 10.5. The lowest BCUT2D eigenvalue weighted by atomic mass is 10.1. The smallest absolute Gasteiger partial charge is 0.329 e. The molecule has 2 aromatic carbocycles. The van der Waals surface area contributed by atoms with Crippen molar-refractivity contribution in [2.45, 2.75) is 29.4 Å². The van der Waals surface area contributed by atoms with Crippen molar-refractivity contribution in [2.24, 2.45) is 0 Å². The zero-order valence-electron chi connectivity index (χ0n) is 14.5. The van der Waals surface area contributed by atoms with Crippen molar-refractivity contribution in [1.82, 2.24) is 0 Å². The number of hydrogen-bond acceptors (Lipinski definition) is 6. The molecule has 26 heavy (non-hydrogen) atoms. The maximum Gasteiger partial charge on any atom is 0.329 e. The summed E-state index contributed by atoms with van der Waals surface area (Å²) in [6.45, 7) is 0.596. The molecule has 0 fully saturated rings. The molecule has 2 N–H and O–H groups in total. The van der Waals surface area contributed by atoms with Gasteiger partial charge in [0.05, 0.1) is 19.8 Å². The normalized spacial score (nSPS) is 10.8. The molecule has 0 heterocycles. The second kappa shape index (κ2) is 11.3. The molecule has 0 bridgehead atoms. The van der Waals surface area contributed by atoms with Gasteiger partial charge in [0.2, 0.25) is 0 Å². The monoisotopic (exact) mass is 394 g/mol. The van der Waals surface area contributed by atoms with Crippen LogP contribution >= 0.6 is 21.6 Å². The highest BCUT2D eigenvalue weighted by atomic mass is 33.1. The number of carbonyl (C=O) groups is 1. The molecule has 5 nitrogen and oxygen atoms in total. The summed E-state index contributed by atoms with van der Waals surface area (Å²) in [5.41, 5.74) is 3.00. The average molecular weight is 395 g/mol. The van der Waals surface area contributed by atoms with Crippen LogP contribution in [0.2, 0.25) is 0 Å². The van der Waals surface area contributed by atoms with Crippen molar-refractivity contribution in [3.63, 3.8) is 0 Å². The molecule has 0 aliphatic carbocycles. The van der Waals surface area contributed by atoms with Crippen LogP contribution in [0.25, 0.3) is 0 Å². The van der Waals surface area contributed by atoms with E-state index in [1.165, 1.54) is 0 Å². The first kappa shape index (κ1) is 20.8. The molecular weight excluding hydrogens is 372 g/mol. The molecule has 0 amide bonds. The van der Waals surface area contributed by atoms with Crippen LogP contribution in [-0.4, -0.2) is 36.5 Å². The number of benzene rings is 2. The molecule has 7 heteroatoms. The molecule has 0 unspecified atom stereocenters. The summed E-state index contributed by atoms with van der Waals surface area (Å²) in [4.78, 5) is 12.7. The van der Waals surface area contributed by atoms with Crippen molar-refractivity contribution >= 4 is 27.6 Å². The van der Waals surface area contributed by atoms with E-state index in [4.69, 9.17) is 14.6 Å². The number of rotatable bonds is 11. The number of methoxy groups -OCH3 is 1. The van der Waals surface area contributed by atoms with E-state index in [0.717, 1.165) is 26.5 Å². The minimum atomic E-state index is -0.976. The van der Waals surface area contributed by atoms with Gasteiger partial charge in [0.15, 0.2) is 0 Å². The van der Waals surface area contributed by atoms with Gasteiger partial charge in [-0.05, 0) is 41.3 Å². The van der Waals surface area contributed by atoms with Gasteiger partial charge in [0, 0.05) is 16.9 Å². The Labute approximate surface area is 161 Å². The third kappa shape index (κ3) is 7.01. The van der Waals surface area contributed by atoms with E-state index in [-0.39, 0.29) is 13.2 Å². The summed E-state index contributed by atoms with van der Waals surface area (Å²) in [6, 6.07) is 14.0. The Morgan fingerprint density at radius 2 is 1.81 bits per heavy atom. The van der Waals surface area contributed by atoms with Gasteiger partial charge in [0.25, 0.3) is 0 Å². The van der Waals surface area contributed by atoms with E-state index in [1.807, 2.05) is 30.3 Å². The molecule has 140 valence electrons. The third-order valence-electron chi connectivity index (χ3n) is 3.51. The summed E-state index contributed by atoms with van der Waals surface area (Å²) in [6.07, 6.45) is 0.594. The van der Waals surface area contributed by atoms with Gasteiger partial charge < -0.3 is 19.7 Å². The van der Waals surface area contributed by atoms with Crippen LogP contribution < -0.4 is 0 Å². The van der Waals surface area contributed by atoms with Crippen molar-refractivity contribution in [3.05, 3.63) is 59.2 Å².